The van der Waals surface area contributed by atoms with Crippen molar-refractivity contribution in [3.05, 3.63) is 59.7 Å². The number of hydrogen-bond donors (Lipinski definition) is 1. The van der Waals surface area contributed by atoms with E-state index >= 15 is 0 Å². The van der Waals surface area contributed by atoms with Crippen molar-refractivity contribution >= 4 is 11.4 Å². The van der Waals surface area contributed by atoms with Crippen LogP contribution in [0.2, 0.25) is 0 Å². The fourth-order valence-corrected chi connectivity index (χ4v) is 3.91. The summed E-state index contributed by atoms with van der Waals surface area (Å²) in [6, 6.07) is 18.1. The average molecular weight is 383 g/mol. The van der Waals surface area contributed by atoms with Crippen molar-refractivity contribution in [2.24, 2.45) is 0 Å². The van der Waals surface area contributed by atoms with Gasteiger partial charge in [0.05, 0.1) is 12.6 Å². The summed E-state index contributed by atoms with van der Waals surface area (Å²) < 4.78 is 0. The first kappa shape index (κ1) is 20.6. The lowest BCUT2D eigenvalue weighted by Crippen LogP contribution is -2.48. The largest absolute Gasteiger partial charge is 0.395 e. The van der Waals surface area contributed by atoms with Crippen LogP contribution in [0.1, 0.15) is 17.2 Å². The number of rotatable bonds is 7. The fourth-order valence-electron chi connectivity index (χ4n) is 3.91. The first-order valence-corrected chi connectivity index (χ1v) is 10.1. The second-order valence-electron chi connectivity index (χ2n) is 7.98. The molecule has 1 heterocycles. The predicted molar refractivity (Wildman–Crippen MR) is 118 cm³/mol. The van der Waals surface area contributed by atoms with Crippen LogP contribution in [0.25, 0.3) is 0 Å². The van der Waals surface area contributed by atoms with Gasteiger partial charge in [-0.15, -0.1) is 0 Å². The molecule has 0 saturated carbocycles. The molecule has 2 aromatic rings. The van der Waals surface area contributed by atoms with E-state index in [0.717, 1.165) is 32.7 Å². The number of aliphatic hydroxyl groups is 1. The first-order valence-electron chi connectivity index (χ1n) is 10.1. The summed E-state index contributed by atoms with van der Waals surface area (Å²) >= 11 is 0. The van der Waals surface area contributed by atoms with Crippen molar-refractivity contribution in [1.29, 1.82) is 0 Å². The third kappa shape index (κ3) is 4.85. The Morgan fingerprint density at radius 1 is 0.750 bits per heavy atom. The second kappa shape index (κ2) is 9.41. The molecule has 1 saturated heterocycles. The van der Waals surface area contributed by atoms with Gasteiger partial charge in [-0.05, 0) is 35.4 Å². The zero-order chi connectivity index (χ0) is 20.1. The van der Waals surface area contributed by atoms with Crippen molar-refractivity contribution in [2.75, 3.05) is 77.3 Å². The molecule has 5 nitrogen and oxygen atoms in total. The summed E-state index contributed by atoms with van der Waals surface area (Å²) in [6.45, 7) is 5.03. The van der Waals surface area contributed by atoms with Crippen molar-refractivity contribution in [3.8, 4) is 0 Å². The maximum absolute atomic E-state index is 9.23. The minimum absolute atomic E-state index is 0.238. The summed E-state index contributed by atoms with van der Waals surface area (Å²) in [4.78, 5) is 9.19. The number of aliphatic hydroxyl groups excluding tert-OH is 1. The molecule has 0 amide bonds. The minimum atomic E-state index is 0.238. The van der Waals surface area contributed by atoms with Gasteiger partial charge in [0.2, 0.25) is 0 Å². The van der Waals surface area contributed by atoms with Gasteiger partial charge in [0.15, 0.2) is 0 Å². The number of anilines is 2. The molecule has 0 aromatic heterocycles. The summed E-state index contributed by atoms with van der Waals surface area (Å²) in [6.07, 6.45) is 0. The molecule has 152 valence electrons. The van der Waals surface area contributed by atoms with Gasteiger partial charge in [-0.2, -0.15) is 0 Å². The van der Waals surface area contributed by atoms with E-state index in [1.54, 1.807) is 0 Å². The Balaban J connectivity index is 1.87. The number of piperazine rings is 1. The number of nitrogens with zero attached hydrogens (tertiary/aromatic N) is 4. The Morgan fingerprint density at radius 3 is 1.54 bits per heavy atom. The van der Waals surface area contributed by atoms with Crippen LogP contribution in [0.5, 0.6) is 0 Å². The molecule has 3 rings (SSSR count). The lowest BCUT2D eigenvalue weighted by molar-refractivity contribution is 0.0945. The topological polar surface area (TPSA) is 33.2 Å². The molecular formula is C23H34N4O. The highest BCUT2D eigenvalue weighted by Crippen LogP contribution is 2.31. The van der Waals surface area contributed by atoms with Crippen LogP contribution in [0, 0.1) is 0 Å². The van der Waals surface area contributed by atoms with Crippen LogP contribution in [-0.2, 0) is 0 Å². The lowest BCUT2D eigenvalue weighted by Gasteiger charge is -2.39. The van der Waals surface area contributed by atoms with Gasteiger partial charge < -0.3 is 14.9 Å². The van der Waals surface area contributed by atoms with E-state index in [9.17, 15) is 5.11 Å². The molecule has 2 aromatic carbocycles. The van der Waals surface area contributed by atoms with Gasteiger partial charge in [-0.25, -0.2) is 0 Å². The molecule has 0 bridgehead atoms. The van der Waals surface area contributed by atoms with Gasteiger partial charge in [-0.3, -0.25) is 9.80 Å². The Morgan fingerprint density at radius 2 is 1.18 bits per heavy atom. The highest BCUT2D eigenvalue weighted by molar-refractivity contribution is 5.50. The van der Waals surface area contributed by atoms with E-state index in [4.69, 9.17) is 0 Å². The quantitative estimate of drug-likeness (QED) is 0.796. The fraction of sp³-hybridized carbons (Fsp3) is 0.478. The van der Waals surface area contributed by atoms with Crippen molar-refractivity contribution in [3.63, 3.8) is 0 Å². The van der Waals surface area contributed by atoms with Gasteiger partial charge in [0.25, 0.3) is 0 Å². The van der Waals surface area contributed by atoms with Gasteiger partial charge in [-0.1, -0.05) is 24.3 Å². The summed E-state index contributed by atoms with van der Waals surface area (Å²) in [5, 5.41) is 9.23. The smallest absolute Gasteiger partial charge is 0.0602 e. The Labute approximate surface area is 169 Å². The maximum atomic E-state index is 9.23. The summed E-state index contributed by atoms with van der Waals surface area (Å²) in [5.41, 5.74) is 5.11. The lowest BCUT2D eigenvalue weighted by atomic mass is 9.95. The molecule has 0 aliphatic carbocycles. The third-order valence-corrected chi connectivity index (χ3v) is 5.64. The maximum Gasteiger partial charge on any atom is 0.0602 e. The molecule has 1 aliphatic rings. The van der Waals surface area contributed by atoms with Crippen LogP contribution in [-0.4, -0.2) is 82.4 Å². The molecule has 1 N–H and O–H groups in total. The summed E-state index contributed by atoms with van der Waals surface area (Å²) in [5.74, 6) is 0. The molecule has 0 radical (unpaired) electrons. The Bertz CT molecular complexity index is 668. The van der Waals surface area contributed by atoms with Crippen molar-refractivity contribution in [1.82, 2.24) is 9.80 Å². The number of hydrogen-bond acceptors (Lipinski definition) is 5. The molecule has 0 spiro atoms. The zero-order valence-corrected chi connectivity index (χ0v) is 17.7. The van der Waals surface area contributed by atoms with Crippen LogP contribution in [0.3, 0.4) is 0 Å². The number of benzene rings is 2. The van der Waals surface area contributed by atoms with Crippen molar-refractivity contribution in [2.45, 2.75) is 6.04 Å². The van der Waals surface area contributed by atoms with Crippen LogP contribution >= 0.6 is 0 Å². The minimum Gasteiger partial charge on any atom is -0.395 e. The van der Waals surface area contributed by atoms with Gasteiger partial charge in [0.1, 0.15) is 0 Å². The van der Waals surface area contributed by atoms with Gasteiger partial charge in [0, 0.05) is 72.3 Å². The molecule has 28 heavy (non-hydrogen) atoms. The van der Waals surface area contributed by atoms with E-state index < -0.39 is 0 Å². The zero-order valence-electron chi connectivity index (χ0n) is 17.7. The van der Waals surface area contributed by atoms with E-state index in [0.29, 0.717) is 0 Å². The highest BCUT2D eigenvalue weighted by atomic mass is 16.3. The van der Waals surface area contributed by atoms with E-state index in [1.807, 2.05) is 0 Å². The van der Waals surface area contributed by atoms with Crippen molar-refractivity contribution < 1.29 is 5.11 Å². The van der Waals surface area contributed by atoms with E-state index in [1.165, 1.54) is 22.5 Å². The van der Waals surface area contributed by atoms with Gasteiger partial charge >= 0.3 is 0 Å². The van der Waals surface area contributed by atoms with E-state index in [-0.39, 0.29) is 12.6 Å². The Kier molecular flexibility index (Phi) is 6.94. The molecule has 0 unspecified atom stereocenters. The monoisotopic (exact) mass is 382 g/mol. The highest BCUT2D eigenvalue weighted by Gasteiger charge is 2.26. The normalized spacial score (nSPS) is 15.8. The predicted octanol–water partition coefficient (Wildman–Crippen LogP) is 2.52. The van der Waals surface area contributed by atoms with E-state index in [2.05, 4.69) is 96.3 Å². The first-order chi connectivity index (χ1) is 13.5. The van der Waals surface area contributed by atoms with Crippen LogP contribution in [0.4, 0.5) is 11.4 Å². The summed E-state index contributed by atoms with van der Waals surface area (Å²) in [7, 11) is 8.30. The van der Waals surface area contributed by atoms with Crippen LogP contribution < -0.4 is 9.80 Å². The number of β-amino-alcohol motifs (C(OH)–C–C–N with tert-alkyl or cyclic N) is 1. The second-order valence-corrected chi connectivity index (χ2v) is 7.98. The molecule has 0 atom stereocenters. The molecule has 1 fully saturated rings. The Hall–Kier alpha value is -2.08. The molecular weight excluding hydrogens is 348 g/mol. The van der Waals surface area contributed by atoms with Crippen LogP contribution in [0.15, 0.2) is 48.5 Å². The third-order valence-electron chi connectivity index (χ3n) is 5.64. The average Bonchev–Trinajstić information content (AvgIpc) is 2.70. The standard InChI is InChI=1S/C23H34N4O/c1-24(2)21-9-5-19(6-10-21)23(20-7-11-22(12-8-20)25(3)4)27-15-13-26(14-16-27)17-18-28/h5-12,23,28H,13-18H2,1-4H3. The SMILES string of the molecule is CN(C)c1ccc(C(c2ccc(N(C)C)cc2)N2CCN(CCO)CC2)cc1. The molecule has 1 aliphatic heterocycles. The molecule has 5 heteroatoms.